The van der Waals surface area contributed by atoms with Crippen molar-refractivity contribution in [3.8, 4) is 11.8 Å². The average molecular weight is 438 g/mol. The monoisotopic (exact) mass is 437 g/mol. The Hall–Kier alpha value is -4.38. The lowest BCUT2D eigenvalue weighted by molar-refractivity contribution is 0.633. The highest BCUT2D eigenvalue weighted by Gasteiger charge is 2.36. The van der Waals surface area contributed by atoms with E-state index < -0.39 is 0 Å². The minimum absolute atomic E-state index is 0.0156. The van der Waals surface area contributed by atoms with Crippen molar-refractivity contribution in [1.82, 2.24) is 14.5 Å². The SMILES string of the molecule is Cc1cccc2cc([C@@H](Nc3nc(N)nc(N)c3C#N)C3CC3)n(-c3ccccc3)c(=O)c12. The number of nitrogens with one attached hydrogen (secondary N) is 1. The predicted molar refractivity (Wildman–Crippen MR) is 129 cm³/mol. The van der Waals surface area contributed by atoms with Gasteiger partial charge in [-0.1, -0.05) is 36.4 Å². The molecule has 164 valence electrons. The highest BCUT2D eigenvalue weighted by molar-refractivity contribution is 5.85. The smallest absolute Gasteiger partial charge is 0.263 e. The van der Waals surface area contributed by atoms with Gasteiger partial charge in [0.1, 0.15) is 17.5 Å². The molecule has 33 heavy (non-hydrogen) atoms. The molecule has 0 unspecified atom stereocenters. The maximum atomic E-state index is 13.8. The molecule has 1 atom stereocenters. The third kappa shape index (κ3) is 3.64. The number of pyridine rings is 1. The van der Waals surface area contributed by atoms with Gasteiger partial charge in [-0.3, -0.25) is 9.36 Å². The van der Waals surface area contributed by atoms with E-state index in [9.17, 15) is 10.1 Å². The van der Waals surface area contributed by atoms with Crippen molar-refractivity contribution in [2.24, 2.45) is 5.92 Å². The van der Waals surface area contributed by atoms with E-state index in [2.05, 4.69) is 21.4 Å². The zero-order chi connectivity index (χ0) is 23.1. The van der Waals surface area contributed by atoms with E-state index in [1.807, 2.05) is 61.5 Å². The van der Waals surface area contributed by atoms with Crippen LogP contribution in [0.5, 0.6) is 0 Å². The van der Waals surface area contributed by atoms with Crippen molar-refractivity contribution in [3.05, 3.63) is 81.8 Å². The fraction of sp³-hybridized carbons (Fsp3) is 0.200. The van der Waals surface area contributed by atoms with Crippen LogP contribution in [-0.2, 0) is 0 Å². The number of nitrogen functional groups attached to an aromatic ring is 2. The molecule has 2 heterocycles. The fourth-order valence-electron chi connectivity index (χ4n) is 4.35. The lowest BCUT2D eigenvalue weighted by Gasteiger charge is -2.25. The number of nitriles is 1. The molecule has 1 aliphatic rings. The molecule has 1 fully saturated rings. The van der Waals surface area contributed by atoms with Crippen molar-refractivity contribution in [1.29, 1.82) is 5.26 Å². The molecule has 4 aromatic rings. The molecule has 1 saturated carbocycles. The van der Waals surface area contributed by atoms with Gasteiger partial charge in [-0.05, 0) is 54.8 Å². The number of para-hydroxylation sites is 1. The summed E-state index contributed by atoms with van der Waals surface area (Å²) in [6, 6.07) is 19.3. The minimum atomic E-state index is -0.274. The number of nitrogens with zero attached hydrogens (tertiary/aromatic N) is 4. The summed E-state index contributed by atoms with van der Waals surface area (Å²) >= 11 is 0. The first-order valence-electron chi connectivity index (χ1n) is 10.8. The second-order valence-corrected chi connectivity index (χ2v) is 8.35. The van der Waals surface area contributed by atoms with E-state index >= 15 is 0 Å². The molecule has 0 radical (unpaired) electrons. The van der Waals surface area contributed by atoms with Gasteiger partial charge >= 0.3 is 0 Å². The van der Waals surface area contributed by atoms with E-state index in [1.54, 1.807) is 4.57 Å². The number of aromatic nitrogens is 3. The topological polar surface area (TPSA) is 136 Å². The Morgan fingerprint density at radius 1 is 1.12 bits per heavy atom. The Labute approximate surface area is 190 Å². The van der Waals surface area contributed by atoms with Crippen molar-refractivity contribution in [2.45, 2.75) is 25.8 Å². The van der Waals surface area contributed by atoms with E-state index in [0.717, 1.165) is 35.2 Å². The van der Waals surface area contributed by atoms with Crippen LogP contribution < -0.4 is 22.3 Å². The zero-order valence-corrected chi connectivity index (χ0v) is 18.1. The fourth-order valence-corrected chi connectivity index (χ4v) is 4.35. The van der Waals surface area contributed by atoms with E-state index in [4.69, 9.17) is 11.5 Å². The number of anilines is 3. The highest BCUT2D eigenvalue weighted by Crippen LogP contribution is 2.44. The highest BCUT2D eigenvalue weighted by atomic mass is 16.1. The van der Waals surface area contributed by atoms with Crippen LogP contribution in [0.2, 0.25) is 0 Å². The van der Waals surface area contributed by atoms with Crippen LogP contribution in [0.25, 0.3) is 16.5 Å². The van der Waals surface area contributed by atoms with Crippen molar-refractivity contribution in [3.63, 3.8) is 0 Å². The Balaban J connectivity index is 1.76. The first-order valence-corrected chi connectivity index (χ1v) is 10.8. The molecule has 0 amide bonds. The maximum absolute atomic E-state index is 13.8. The van der Waals surface area contributed by atoms with Crippen molar-refractivity contribution in [2.75, 3.05) is 16.8 Å². The van der Waals surface area contributed by atoms with Gasteiger partial charge in [0, 0.05) is 11.4 Å². The maximum Gasteiger partial charge on any atom is 0.263 e. The predicted octanol–water partition coefficient (Wildman–Crippen LogP) is 3.69. The molecule has 8 nitrogen and oxygen atoms in total. The van der Waals surface area contributed by atoms with Crippen molar-refractivity contribution >= 4 is 28.4 Å². The van der Waals surface area contributed by atoms with Crippen LogP contribution in [0.3, 0.4) is 0 Å². The molecular formula is C25H23N7O. The van der Waals surface area contributed by atoms with Crippen LogP contribution in [0.15, 0.2) is 59.4 Å². The lowest BCUT2D eigenvalue weighted by atomic mass is 10.0. The summed E-state index contributed by atoms with van der Waals surface area (Å²) in [6.45, 7) is 1.95. The van der Waals surface area contributed by atoms with E-state index in [0.29, 0.717) is 5.39 Å². The molecule has 5 rings (SSSR count). The Kier molecular flexibility index (Phi) is 4.94. The summed E-state index contributed by atoms with van der Waals surface area (Å²) in [6.07, 6.45) is 1.98. The number of rotatable bonds is 5. The molecule has 0 saturated heterocycles. The Morgan fingerprint density at radius 2 is 1.88 bits per heavy atom. The first kappa shape index (κ1) is 20.5. The van der Waals surface area contributed by atoms with Crippen LogP contribution in [-0.4, -0.2) is 14.5 Å². The summed E-state index contributed by atoms with van der Waals surface area (Å²) in [7, 11) is 0. The summed E-state index contributed by atoms with van der Waals surface area (Å²) in [5.74, 6) is 0.552. The lowest BCUT2D eigenvalue weighted by Crippen LogP contribution is -2.28. The zero-order valence-electron chi connectivity index (χ0n) is 18.1. The quantitative estimate of drug-likeness (QED) is 0.433. The summed E-state index contributed by atoms with van der Waals surface area (Å²) in [5, 5.41) is 14.6. The Bertz CT molecular complexity index is 1470. The summed E-state index contributed by atoms with van der Waals surface area (Å²) < 4.78 is 1.76. The number of nitrogens with two attached hydrogens (primary N) is 2. The normalized spacial score (nSPS) is 14.1. The average Bonchev–Trinajstić information content (AvgIpc) is 3.63. The molecule has 1 aliphatic carbocycles. The number of benzene rings is 2. The van der Waals surface area contributed by atoms with Gasteiger partial charge in [-0.25, -0.2) is 0 Å². The molecule has 2 aromatic heterocycles. The number of fused-ring (bicyclic) bond motifs is 1. The van der Waals surface area contributed by atoms with Crippen LogP contribution in [0.1, 0.15) is 35.7 Å². The second-order valence-electron chi connectivity index (χ2n) is 8.35. The van der Waals surface area contributed by atoms with Crippen molar-refractivity contribution < 1.29 is 0 Å². The molecule has 2 aromatic carbocycles. The van der Waals surface area contributed by atoms with Crippen LogP contribution >= 0.6 is 0 Å². The van der Waals surface area contributed by atoms with Gasteiger partial charge in [0.2, 0.25) is 5.95 Å². The molecule has 0 bridgehead atoms. The van der Waals surface area contributed by atoms with E-state index in [1.165, 1.54) is 0 Å². The number of hydrogen-bond donors (Lipinski definition) is 3. The van der Waals surface area contributed by atoms with Gasteiger partial charge in [0.25, 0.3) is 5.56 Å². The Morgan fingerprint density at radius 3 is 2.58 bits per heavy atom. The van der Waals surface area contributed by atoms with Gasteiger partial charge in [-0.2, -0.15) is 15.2 Å². The second kappa shape index (κ2) is 7.95. The van der Waals surface area contributed by atoms with Gasteiger partial charge in [0.15, 0.2) is 5.82 Å². The van der Waals surface area contributed by atoms with Gasteiger partial charge < -0.3 is 16.8 Å². The van der Waals surface area contributed by atoms with Gasteiger partial charge in [0.05, 0.1) is 11.4 Å². The summed E-state index contributed by atoms with van der Waals surface area (Å²) in [5.41, 5.74) is 14.3. The third-order valence-corrected chi connectivity index (χ3v) is 6.07. The van der Waals surface area contributed by atoms with E-state index in [-0.39, 0.29) is 40.7 Å². The molecule has 8 heteroatoms. The van der Waals surface area contributed by atoms with Crippen LogP contribution in [0.4, 0.5) is 17.6 Å². The molecular weight excluding hydrogens is 414 g/mol. The standard InChI is InChI=1S/C25H23N7O/c1-14-6-5-7-16-12-19(32(24(33)20(14)16)17-8-3-2-4-9-17)21(15-10-11-15)29-23-18(13-26)22(27)30-25(28)31-23/h2-9,12,15,21H,10-11H2,1H3,(H5,27,28,29,30,31)/t21-/m0/s1. The number of aryl methyl sites for hydroxylation is 1. The first-order chi connectivity index (χ1) is 16.0. The molecule has 0 aliphatic heterocycles. The summed E-state index contributed by atoms with van der Waals surface area (Å²) in [4.78, 5) is 22.0. The number of hydrogen-bond acceptors (Lipinski definition) is 7. The van der Waals surface area contributed by atoms with Crippen LogP contribution in [0, 0.1) is 24.2 Å². The minimum Gasteiger partial charge on any atom is -0.382 e. The van der Waals surface area contributed by atoms with Gasteiger partial charge in [-0.15, -0.1) is 0 Å². The largest absolute Gasteiger partial charge is 0.382 e. The molecule has 0 spiro atoms. The molecule has 5 N–H and O–H groups in total. The third-order valence-electron chi connectivity index (χ3n) is 6.07.